The van der Waals surface area contributed by atoms with Crippen molar-refractivity contribution >= 4 is 17.6 Å². The highest BCUT2D eigenvalue weighted by atomic mass is 35.5. The largest absolute Gasteiger partial charge is 0.480 e. The van der Waals surface area contributed by atoms with E-state index in [1.807, 2.05) is 0 Å². The molecule has 0 aromatic rings. The molecule has 0 heterocycles. The summed E-state index contributed by atoms with van der Waals surface area (Å²) in [6, 6.07) is 0. The summed E-state index contributed by atoms with van der Waals surface area (Å²) in [5.41, 5.74) is 0. The number of hydrogen-bond donors (Lipinski definition) is 1. The molecule has 0 radical (unpaired) electrons. The van der Waals surface area contributed by atoms with Crippen LogP contribution in [0.3, 0.4) is 0 Å². The summed E-state index contributed by atoms with van der Waals surface area (Å²) in [5.74, 6) is -1.34. The van der Waals surface area contributed by atoms with Crippen molar-refractivity contribution in [2.75, 3.05) is 19.6 Å². The van der Waals surface area contributed by atoms with Crippen molar-refractivity contribution in [3.8, 4) is 0 Å². The summed E-state index contributed by atoms with van der Waals surface area (Å²) in [6.45, 7) is 0.866. The topological polar surface area (TPSA) is 40.5 Å². The molecule has 0 saturated carbocycles. The lowest BCUT2D eigenvalue weighted by atomic mass is 10.4. The van der Waals surface area contributed by atoms with E-state index in [0.29, 0.717) is 4.90 Å². The number of carboxylic acids is 1. The Morgan fingerprint density at radius 2 is 1.93 bits per heavy atom. The normalized spacial score (nSPS) is 11.8. The van der Waals surface area contributed by atoms with Crippen LogP contribution in [-0.2, 0) is 4.79 Å². The van der Waals surface area contributed by atoms with Crippen LogP contribution in [-0.4, -0.2) is 41.8 Å². The van der Waals surface area contributed by atoms with Gasteiger partial charge in [-0.1, -0.05) is 18.2 Å². The Kier molecular flexibility index (Phi) is 4.93. The van der Waals surface area contributed by atoms with Crippen LogP contribution in [0.5, 0.6) is 0 Å². The molecule has 0 spiro atoms. The molecule has 0 aliphatic carbocycles. The molecule has 0 aromatic carbocycles. The maximum Gasteiger partial charge on any atom is 0.401 e. The number of halogens is 4. The van der Waals surface area contributed by atoms with Crippen molar-refractivity contribution < 1.29 is 23.1 Å². The fourth-order valence-electron chi connectivity index (χ4n) is 0.855. The molecule has 0 unspecified atom stereocenters. The van der Waals surface area contributed by atoms with Gasteiger partial charge >= 0.3 is 12.1 Å². The molecular formula is C7H9ClF3NO2. The van der Waals surface area contributed by atoms with Gasteiger partial charge in [-0.2, -0.15) is 13.2 Å². The predicted molar refractivity (Wildman–Crippen MR) is 45.1 cm³/mol. The summed E-state index contributed by atoms with van der Waals surface area (Å²) in [5, 5.41) is 8.28. The van der Waals surface area contributed by atoms with Gasteiger partial charge in [0, 0.05) is 11.6 Å². The van der Waals surface area contributed by atoms with Crippen molar-refractivity contribution in [2.24, 2.45) is 0 Å². The quantitative estimate of drug-likeness (QED) is 0.783. The molecule has 0 saturated heterocycles. The van der Waals surface area contributed by atoms with Crippen LogP contribution in [0.1, 0.15) is 0 Å². The van der Waals surface area contributed by atoms with E-state index in [0.717, 1.165) is 0 Å². The van der Waals surface area contributed by atoms with Crippen LogP contribution >= 0.6 is 11.6 Å². The number of carbonyl (C=O) groups is 1. The predicted octanol–water partition coefficient (Wildman–Crippen LogP) is 1.69. The number of aliphatic carboxylic acids is 1. The van der Waals surface area contributed by atoms with Gasteiger partial charge in [-0.05, 0) is 0 Å². The second-order valence-electron chi connectivity index (χ2n) is 2.67. The summed E-state index contributed by atoms with van der Waals surface area (Å²) < 4.78 is 35.7. The third kappa shape index (κ3) is 7.88. The monoisotopic (exact) mass is 231 g/mol. The van der Waals surface area contributed by atoms with Gasteiger partial charge in [-0.25, -0.2) is 0 Å². The smallest absolute Gasteiger partial charge is 0.401 e. The Bertz CT molecular complexity index is 213. The van der Waals surface area contributed by atoms with Crippen LogP contribution in [0.4, 0.5) is 13.2 Å². The Hall–Kier alpha value is -0.750. The summed E-state index contributed by atoms with van der Waals surface area (Å²) >= 11 is 5.29. The molecule has 3 nitrogen and oxygen atoms in total. The molecule has 0 aromatic heterocycles. The van der Waals surface area contributed by atoms with Crippen LogP contribution in [0.2, 0.25) is 0 Å². The fourth-order valence-corrected chi connectivity index (χ4v) is 1.02. The minimum Gasteiger partial charge on any atom is -0.480 e. The minimum absolute atomic E-state index is 0.0319. The molecule has 0 rings (SSSR count). The molecule has 0 aliphatic rings. The van der Waals surface area contributed by atoms with Crippen LogP contribution in [0, 0.1) is 0 Å². The minimum atomic E-state index is -4.44. The summed E-state index contributed by atoms with van der Waals surface area (Å²) in [6.07, 6.45) is -4.44. The highest BCUT2D eigenvalue weighted by molar-refractivity contribution is 6.29. The van der Waals surface area contributed by atoms with Crippen molar-refractivity contribution in [3.63, 3.8) is 0 Å². The lowest BCUT2D eigenvalue weighted by molar-refractivity contribution is -0.152. The number of nitrogens with zero attached hydrogens (tertiary/aromatic N) is 1. The zero-order valence-corrected chi connectivity index (χ0v) is 7.90. The molecule has 0 aliphatic heterocycles. The average molecular weight is 232 g/mol. The molecule has 14 heavy (non-hydrogen) atoms. The van der Waals surface area contributed by atoms with Crippen molar-refractivity contribution in [1.29, 1.82) is 0 Å². The molecule has 7 heteroatoms. The number of hydrogen-bond acceptors (Lipinski definition) is 2. The third-order valence-electron chi connectivity index (χ3n) is 1.16. The number of alkyl halides is 3. The van der Waals surface area contributed by atoms with Gasteiger partial charge in [-0.15, -0.1) is 0 Å². The lowest BCUT2D eigenvalue weighted by Crippen LogP contribution is -2.38. The van der Waals surface area contributed by atoms with Crippen LogP contribution in [0.25, 0.3) is 0 Å². The zero-order chi connectivity index (χ0) is 11.4. The van der Waals surface area contributed by atoms with E-state index in [9.17, 15) is 18.0 Å². The van der Waals surface area contributed by atoms with E-state index in [1.165, 1.54) is 0 Å². The number of carboxylic acid groups (broad SMARTS) is 1. The number of rotatable bonds is 5. The molecule has 0 amide bonds. The SMILES string of the molecule is C=C(Cl)CN(CC(=O)O)CC(F)(F)F. The highest BCUT2D eigenvalue weighted by Gasteiger charge is 2.31. The Labute approximate surface area is 83.8 Å². The van der Waals surface area contributed by atoms with Gasteiger partial charge in [0.05, 0.1) is 13.1 Å². The highest BCUT2D eigenvalue weighted by Crippen LogP contribution is 2.17. The first-order chi connectivity index (χ1) is 6.20. The van der Waals surface area contributed by atoms with E-state index in [4.69, 9.17) is 16.7 Å². The maximum atomic E-state index is 11.9. The van der Waals surface area contributed by atoms with Gasteiger partial charge in [0.1, 0.15) is 0 Å². The van der Waals surface area contributed by atoms with E-state index in [1.54, 1.807) is 0 Å². The van der Waals surface area contributed by atoms with Crippen LogP contribution in [0.15, 0.2) is 11.6 Å². The van der Waals surface area contributed by atoms with Gasteiger partial charge in [-0.3, -0.25) is 9.69 Å². The van der Waals surface area contributed by atoms with E-state index in [-0.39, 0.29) is 11.6 Å². The Morgan fingerprint density at radius 3 is 2.21 bits per heavy atom. The average Bonchev–Trinajstić information content (AvgIpc) is 1.77. The van der Waals surface area contributed by atoms with E-state index >= 15 is 0 Å². The summed E-state index contributed by atoms with van der Waals surface area (Å²) in [4.78, 5) is 10.8. The van der Waals surface area contributed by atoms with Crippen molar-refractivity contribution in [1.82, 2.24) is 4.90 Å². The van der Waals surface area contributed by atoms with E-state index in [2.05, 4.69) is 6.58 Å². The first-order valence-electron chi connectivity index (χ1n) is 3.55. The fraction of sp³-hybridized carbons (Fsp3) is 0.571. The van der Waals surface area contributed by atoms with Crippen molar-refractivity contribution in [2.45, 2.75) is 6.18 Å². The molecule has 0 atom stereocenters. The standard InChI is InChI=1S/C7H9ClF3NO2/c1-5(8)2-12(3-6(13)14)4-7(9,10)11/h1-4H2,(H,13,14). The molecule has 1 N–H and O–H groups in total. The first kappa shape index (κ1) is 13.2. The molecular weight excluding hydrogens is 223 g/mol. The first-order valence-corrected chi connectivity index (χ1v) is 3.92. The maximum absolute atomic E-state index is 11.9. The van der Waals surface area contributed by atoms with E-state index < -0.39 is 25.2 Å². The molecule has 0 bridgehead atoms. The Morgan fingerprint density at radius 1 is 1.43 bits per heavy atom. The van der Waals surface area contributed by atoms with Gasteiger partial charge < -0.3 is 5.11 Å². The summed E-state index contributed by atoms with van der Waals surface area (Å²) in [7, 11) is 0. The van der Waals surface area contributed by atoms with Crippen molar-refractivity contribution in [3.05, 3.63) is 11.6 Å². The molecule has 0 fully saturated rings. The van der Waals surface area contributed by atoms with Crippen LogP contribution < -0.4 is 0 Å². The second kappa shape index (κ2) is 5.21. The molecule has 82 valence electrons. The second-order valence-corrected chi connectivity index (χ2v) is 3.21. The van der Waals surface area contributed by atoms with Gasteiger partial charge in [0.2, 0.25) is 0 Å². The van der Waals surface area contributed by atoms with Gasteiger partial charge in [0.15, 0.2) is 0 Å². The lowest BCUT2D eigenvalue weighted by Gasteiger charge is -2.20. The zero-order valence-electron chi connectivity index (χ0n) is 7.14. The van der Waals surface area contributed by atoms with Gasteiger partial charge in [0.25, 0.3) is 0 Å². The Balaban J connectivity index is 4.24. The third-order valence-corrected chi connectivity index (χ3v) is 1.28.